The molecule has 0 saturated carbocycles. The average molecular weight is 284 g/mol. The molecule has 1 aromatic heterocycles. The summed E-state index contributed by atoms with van der Waals surface area (Å²) in [5, 5.41) is 15.2. The van der Waals surface area contributed by atoms with E-state index in [0.29, 0.717) is 0 Å². The molecule has 1 aromatic carbocycles. The number of anilines is 1. The topological polar surface area (TPSA) is 50.7 Å². The van der Waals surface area contributed by atoms with Gasteiger partial charge in [0.2, 0.25) is 0 Å². The summed E-state index contributed by atoms with van der Waals surface area (Å²) in [6.07, 6.45) is 8.76. The van der Waals surface area contributed by atoms with E-state index in [9.17, 15) is 0 Å². The number of nitrogens with zero attached hydrogens (tertiary/aromatic N) is 3. The number of aromatic nitrogens is 3. The fourth-order valence-electron chi connectivity index (χ4n) is 2.31. The van der Waals surface area contributed by atoms with Gasteiger partial charge in [-0.2, -0.15) is 0 Å². The van der Waals surface area contributed by atoms with E-state index in [1.807, 2.05) is 12.3 Å². The minimum absolute atomic E-state index is 0.887. The van der Waals surface area contributed by atoms with Crippen molar-refractivity contribution in [1.29, 1.82) is 0 Å². The first-order valence-electron chi connectivity index (χ1n) is 7.85. The summed E-state index contributed by atoms with van der Waals surface area (Å²) in [4.78, 5) is 0. The van der Waals surface area contributed by atoms with Crippen LogP contribution in [0.15, 0.2) is 36.5 Å². The summed E-state index contributed by atoms with van der Waals surface area (Å²) in [7, 11) is 0. The predicted octanol–water partition coefficient (Wildman–Crippen LogP) is 3.65. The minimum atomic E-state index is 0.887. The van der Waals surface area contributed by atoms with Crippen molar-refractivity contribution in [3.05, 3.63) is 47.7 Å². The molecule has 4 nitrogen and oxygen atoms in total. The van der Waals surface area contributed by atoms with E-state index >= 15 is 0 Å². The van der Waals surface area contributed by atoms with E-state index in [0.717, 1.165) is 30.8 Å². The highest BCUT2D eigenvalue weighted by Gasteiger charge is 2.05. The molecule has 21 heavy (non-hydrogen) atoms. The summed E-state index contributed by atoms with van der Waals surface area (Å²) in [5.41, 5.74) is 2.48. The van der Waals surface area contributed by atoms with Gasteiger partial charge < -0.3 is 5.32 Å². The second-order valence-electron chi connectivity index (χ2n) is 5.28. The Balaban J connectivity index is 1.84. The van der Waals surface area contributed by atoms with Crippen LogP contribution in [0.2, 0.25) is 0 Å². The Morgan fingerprint density at radius 1 is 1.00 bits per heavy atom. The number of hydrogen-bond donors (Lipinski definition) is 1. The molecular weight excluding hydrogens is 260 g/mol. The number of nitrogens with one attached hydrogen (secondary N) is 1. The lowest BCUT2D eigenvalue weighted by atomic mass is 10.1. The summed E-state index contributed by atoms with van der Waals surface area (Å²) < 4.78 is 0. The lowest BCUT2D eigenvalue weighted by Crippen LogP contribution is -2.09. The molecule has 0 aliphatic rings. The molecule has 0 bridgehead atoms. The van der Waals surface area contributed by atoms with E-state index < -0.39 is 0 Å². The Hall–Kier alpha value is -1.97. The van der Waals surface area contributed by atoms with E-state index in [4.69, 9.17) is 0 Å². The van der Waals surface area contributed by atoms with Crippen molar-refractivity contribution in [2.24, 2.45) is 0 Å². The zero-order valence-electron chi connectivity index (χ0n) is 12.8. The molecule has 2 aromatic rings. The highest BCUT2D eigenvalue weighted by atomic mass is 15.3. The maximum Gasteiger partial charge on any atom is 0.155 e. The van der Waals surface area contributed by atoms with Gasteiger partial charge in [0, 0.05) is 12.1 Å². The van der Waals surface area contributed by atoms with Gasteiger partial charge >= 0.3 is 0 Å². The van der Waals surface area contributed by atoms with Crippen LogP contribution >= 0.6 is 0 Å². The van der Waals surface area contributed by atoms with Gasteiger partial charge in [0.15, 0.2) is 5.82 Å². The smallest absolute Gasteiger partial charge is 0.155 e. The van der Waals surface area contributed by atoms with Crippen LogP contribution in [-0.4, -0.2) is 22.0 Å². The summed E-state index contributed by atoms with van der Waals surface area (Å²) in [5.74, 6) is 0.887. The van der Waals surface area contributed by atoms with E-state index in [-0.39, 0.29) is 0 Å². The molecular formula is C17H24N4. The largest absolute Gasteiger partial charge is 0.368 e. The molecule has 1 N–H and O–H groups in total. The van der Waals surface area contributed by atoms with Gasteiger partial charge in [0.05, 0.1) is 6.20 Å². The first-order valence-corrected chi connectivity index (χ1v) is 7.85. The fraction of sp³-hybridized carbons (Fsp3) is 0.471. The molecule has 0 aliphatic heterocycles. The Morgan fingerprint density at radius 3 is 2.67 bits per heavy atom. The lowest BCUT2D eigenvalue weighted by Gasteiger charge is -2.09. The quantitative estimate of drug-likeness (QED) is 0.714. The van der Waals surface area contributed by atoms with Gasteiger partial charge in [0.25, 0.3) is 0 Å². The fourth-order valence-corrected chi connectivity index (χ4v) is 2.31. The molecule has 0 saturated heterocycles. The van der Waals surface area contributed by atoms with Gasteiger partial charge in [-0.15, -0.1) is 10.2 Å². The van der Waals surface area contributed by atoms with Gasteiger partial charge in [-0.1, -0.05) is 56.5 Å². The molecule has 0 unspecified atom stereocenters. The van der Waals surface area contributed by atoms with Crippen molar-refractivity contribution in [3.63, 3.8) is 0 Å². The first kappa shape index (κ1) is 15.4. The minimum Gasteiger partial charge on any atom is -0.368 e. The normalized spacial score (nSPS) is 10.5. The monoisotopic (exact) mass is 284 g/mol. The number of rotatable bonds is 9. The van der Waals surface area contributed by atoms with Crippen LogP contribution in [0, 0.1) is 0 Å². The summed E-state index contributed by atoms with van der Waals surface area (Å²) in [6, 6.07) is 10.5. The number of hydrogen-bond acceptors (Lipinski definition) is 4. The van der Waals surface area contributed by atoms with Crippen LogP contribution in [0.1, 0.15) is 43.7 Å². The summed E-state index contributed by atoms with van der Waals surface area (Å²) in [6.45, 7) is 3.18. The van der Waals surface area contributed by atoms with Gasteiger partial charge in [0.1, 0.15) is 0 Å². The van der Waals surface area contributed by atoms with Crippen molar-refractivity contribution in [3.8, 4) is 0 Å². The highest BCUT2D eigenvalue weighted by Crippen LogP contribution is 2.13. The average Bonchev–Trinajstić information content (AvgIpc) is 2.55. The van der Waals surface area contributed by atoms with Crippen molar-refractivity contribution in [1.82, 2.24) is 15.4 Å². The first-order chi connectivity index (χ1) is 10.4. The third kappa shape index (κ3) is 5.50. The zero-order valence-corrected chi connectivity index (χ0v) is 12.8. The number of benzene rings is 1. The SMILES string of the molecule is CCCCCCNc1nnncc1CCc1ccccc1. The highest BCUT2D eigenvalue weighted by molar-refractivity contribution is 5.41. The number of aryl methyl sites for hydroxylation is 2. The van der Waals surface area contributed by atoms with Crippen molar-refractivity contribution in [2.75, 3.05) is 11.9 Å². The molecule has 0 fully saturated rings. The van der Waals surface area contributed by atoms with E-state index in [1.54, 1.807) is 0 Å². The van der Waals surface area contributed by atoms with Crippen molar-refractivity contribution in [2.45, 2.75) is 45.4 Å². The molecule has 0 radical (unpaired) electrons. The number of unbranched alkanes of at least 4 members (excludes halogenated alkanes) is 3. The zero-order chi connectivity index (χ0) is 14.8. The van der Waals surface area contributed by atoms with Crippen molar-refractivity contribution < 1.29 is 0 Å². The van der Waals surface area contributed by atoms with Crippen molar-refractivity contribution >= 4 is 5.82 Å². The maximum atomic E-state index is 4.14. The second-order valence-corrected chi connectivity index (χ2v) is 5.28. The standard InChI is InChI=1S/C17H24N4/c1-2-3-4-8-13-18-17-16(14-19-21-20-17)12-11-15-9-6-5-7-10-15/h5-7,9-10,14H,2-4,8,11-13H2,1H3,(H,18,19,20). The molecule has 4 heteroatoms. The molecule has 0 aliphatic carbocycles. The molecule has 0 atom stereocenters. The maximum absolute atomic E-state index is 4.14. The van der Waals surface area contributed by atoms with Crippen LogP contribution in [0.4, 0.5) is 5.82 Å². The Bertz CT molecular complexity index is 513. The molecule has 2 rings (SSSR count). The van der Waals surface area contributed by atoms with Crippen LogP contribution in [0.25, 0.3) is 0 Å². The van der Waals surface area contributed by atoms with Gasteiger partial charge in [-0.3, -0.25) is 0 Å². The van der Waals surface area contributed by atoms with Gasteiger partial charge in [-0.05, 0) is 30.0 Å². The molecule has 1 heterocycles. The third-order valence-corrected chi connectivity index (χ3v) is 3.56. The third-order valence-electron chi connectivity index (χ3n) is 3.56. The van der Waals surface area contributed by atoms with Crippen LogP contribution < -0.4 is 5.32 Å². The van der Waals surface area contributed by atoms with E-state index in [2.05, 4.69) is 51.9 Å². The molecule has 0 amide bonds. The predicted molar refractivity (Wildman–Crippen MR) is 86.3 cm³/mol. The van der Waals surface area contributed by atoms with Crippen LogP contribution in [0.5, 0.6) is 0 Å². The lowest BCUT2D eigenvalue weighted by molar-refractivity contribution is 0.682. The Morgan fingerprint density at radius 2 is 1.86 bits per heavy atom. The van der Waals surface area contributed by atoms with E-state index in [1.165, 1.54) is 31.2 Å². The molecule has 0 spiro atoms. The van der Waals surface area contributed by atoms with Crippen LogP contribution in [0.3, 0.4) is 0 Å². The summed E-state index contributed by atoms with van der Waals surface area (Å²) >= 11 is 0. The van der Waals surface area contributed by atoms with Gasteiger partial charge in [-0.25, -0.2) is 0 Å². The second kappa shape index (κ2) is 9.06. The molecule has 112 valence electrons. The Labute approximate surface area is 127 Å². The van der Waals surface area contributed by atoms with Crippen LogP contribution in [-0.2, 0) is 12.8 Å². The Kier molecular flexibility index (Phi) is 6.65.